The summed E-state index contributed by atoms with van der Waals surface area (Å²) >= 11 is 0. The number of carbonyl (C=O) groups excluding carboxylic acids is 1. The maximum Gasteiger partial charge on any atom is 0.266 e. The number of rotatable bonds is 6. The first-order valence-corrected chi connectivity index (χ1v) is 10.0. The van der Waals surface area contributed by atoms with Crippen molar-refractivity contribution in [2.24, 2.45) is 5.73 Å². The molecule has 0 radical (unpaired) electrons. The van der Waals surface area contributed by atoms with Crippen molar-refractivity contribution in [1.82, 2.24) is 19.6 Å². The average molecular weight is 383 g/mol. The molecule has 0 bridgehead atoms. The molecule has 0 aliphatic carbocycles. The van der Waals surface area contributed by atoms with Gasteiger partial charge in [0.2, 0.25) is 0 Å². The van der Waals surface area contributed by atoms with E-state index in [4.69, 9.17) is 5.73 Å². The smallest absolute Gasteiger partial charge is 0.266 e. The van der Waals surface area contributed by atoms with Crippen LogP contribution in [0.4, 0.5) is 0 Å². The minimum absolute atomic E-state index is 0.147. The Bertz CT molecular complexity index is 697. The van der Waals surface area contributed by atoms with Crippen LogP contribution < -0.4 is 5.73 Å². The third kappa shape index (κ3) is 5.55. The molecule has 1 aromatic rings. The zero-order chi connectivity index (χ0) is 19.8. The summed E-state index contributed by atoms with van der Waals surface area (Å²) in [6.07, 6.45) is 1.75. The summed E-state index contributed by atoms with van der Waals surface area (Å²) in [6, 6.07) is 12.5. The van der Waals surface area contributed by atoms with Crippen LogP contribution in [-0.4, -0.2) is 91.0 Å². The van der Waals surface area contributed by atoms with Crippen LogP contribution in [0.25, 0.3) is 0 Å². The summed E-state index contributed by atoms with van der Waals surface area (Å²) in [5.74, 6) is -0.147. The SMILES string of the molecule is N#C/C(=C/N1CCN(CCN)CC1)C(=O)N1CCN(Cc2ccccc2)CC1. The average Bonchev–Trinajstić information content (AvgIpc) is 2.74. The van der Waals surface area contributed by atoms with Gasteiger partial charge in [-0.3, -0.25) is 14.6 Å². The molecule has 1 amide bonds. The van der Waals surface area contributed by atoms with Crippen molar-refractivity contribution in [1.29, 1.82) is 5.26 Å². The van der Waals surface area contributed by atoms with Crippen molar-refractivity contribution < 1.29 is 4.79 Å². The van der Waals surface area contributed by atoms with Crippen molar-refractivity contribution in [2.45, 2.75) is 6.54 Å². The van der Waals surface area contributed by atoms with Gasteiger partial charge in [-0.1, -0.05) is 30.3 Å². The minimum Gasteiger partial charge on any atom is -0.374 e. The third-order valence-electron chi connectivity index (χ3n) is 5.42. The topological polar surface area (TPSA) is 79.8 Å². The van der Waals surface area contributed by atoms with E-state index >= 15 is 0 Å². The predicted octanol–water partition coefficient (Wildman–Crippen LogP) is 0.315. The molecule has 0 atom stereocenters. The van der Waals surface area contributed by atoms with Crippen molar-refractivity contribution in [2.75, 3.05) is 65.4 Å². The molecule has 2 aliphatic heterocycles. The fourth-order valence-electron chi connectivity index (χ4n) is 3.73. The van der Waals surface area contributed by atoms with Crippen LogP contribution in [-0.2, 0) is 11.3 Å². The van der Waals surface area contributed by atoms with E-state index in [0.29, 0.717) is 19.6 Å². The zero-order valence-corrected chi connectivity index (χ0v) is 16.5. The molecule has 2 N–H and O–H groups in total. The maximum atomic E-state index is 12.8. The van der Waals surface area contributed by atoms with Crippen LogP contribution in [0.5, 0.6) is 0 Å². The number of carbonyl (C=O) groups is 1. The first-order valence-electron chi connectivity index (χ1n) is 10.0. The van der Waals surface area contributed by atoms with E-state index in [1.165, 1.54) is 5.56 Å². The van der Waals surface area contributed by atoms with Gasteiger partial charge < -0.3 is 15.5 Å². The van der Waals surface area contributed by atoms with Gasteiger partial charge in [0, 0.05) is 78.2 Å². The molecule has 0 unspecified atom stereocenters. The highest BCUT2D eigenvalue weighted by Gasteiger charge is 2.25. The van der Waals surface area contributed by atoms with Crippen LogP contribution in [0.2, 0.25) is 0 Å². The van der Waals surface area contributed by atoms with E-state index < -0.39 is 0 Å². The first-order chi connectivity index (χ1) is 13.7. The Kier molecular flexibility index (Phi) is 7.43. The molecule has 0 spiro atoms. The molecular weight excluding hydrogens is 352 g/mol. The second kappa shape index (κ2) is 10.2. The van der Waals surface area contributed by atoms with Crippen LogP contribution in [0.1, 0.15) is 5.56 Å². The Morgan fingerprint density at radius 2 is 1.64 bits per heavy atom. The minimum atomic E-state index is -0.147. The predicted molar refractivity (Wildman–Crippen MR) is 109 cm³/mol. The van der Waals surface area contributed by atoms with Gasteiger partial charge in [0.25, 0.3) is 5.91 Å². The highest BCUT2D eigenvalue weighted by molar-refractivity contribution is 5.97. The molecule has 28 heavy (non-hydrogen) atoms. The van der Waals surface area contributed by atoms with E-state index in [-0.39, 0.29) is 11.5 Å². The van der Waals surface area contributed by atoms with Crippen molar-refractivity contribution >= 4 is 5.91 Å². The molecule has 2 aliphatic rings. The van der Waals surface area contributed by atoms with E-state index in [1.807, 2.05) is 6.07 Å². The molecule has 1 aromatic carbocycles. The molecule has 2 saturated heterocycles. The Balaban J connectivity index is 1.50. The monoisotopic (exact) mass is 382 g/mol. The lowest BCUT2D eigenvalue weighted by Crippen LogP contribution is -2.49. The number of nitriles is 1. The van der Waals surface area contributed by atoms with Crippen LogP contribution in [0.15, 0.2) is 42.1 Å². The zero-order valence-electron chi connectivity index (χ0n) is 16.5. The van der Waals surface area contributed by atoms with Crippen LogP contribution in [0.3, 0.4) is 0 Å². The molecule has 3 rings (SSSR count). The molecule has 150 valence electrons. The summed E-state index contributed by atoms with van der Waals surface area (Å²) < 4.78 is 0. The fourth-order valence-corrected chi connectivity index (χ4v) is 3.73. The molecule has 0 aromatic heterocycles. The summed E-state index contributed by atoms with van der Waals surface area (Å²) in [6.45, 7) is 8.92. The lowest BCUT2D eigenvalue weighted by molar-refractivity contribution is -0.128. The second-order valence-corrected chi connectivity index (χ2v) is 7.37. The van der Waals surface area contributed by atoms with Gasteiger partial charge in [-0.2, -0.15) is 5.26 Å². The van der Waals surface area contributed by atoms with Gasteiger partial charge in [-0.05, 0) is 5.56 Å². The van der Waals surface area contributed by atoms with Crippen molar-refractivity contribution in [3.05, 3.63) is 47.7 Å². The van der Waals surface area contributed by atoms with Crippen LogP contribution >= 0.6 is 0 Å². The van der Waals surface area contributed by atoms with Gasteiger partial charge in [0.15, 0.2) is 0 Å². The highest BCUT2D eigenvalue weighted by atomic mass is 16.2. The highest BCUT2D eigenvalue weighted by Crippen LogP contribution is 2.12. The number of piperazine rings is 2. The van der Waals surface area contributed by atoms with E-state index in [2.05, 4.69) is 45.0 Å². The molecular formula is C21H30N6O. The fraction of sp³-hybridized carbons (Fsp3) is 0.524. The number of hydrogen-bond acceptors (Lipinski definition) is 6. The quantitative estimate of drug-likeness (QED) is 0.564. The van der Waals surface area contributed by atoms with Gasteiger partial charge in [0.05, 0.1) is 0 Å². The largest absolute Gasteiger partial charge is 0.374 e. The van der Waals surface area contributed by atoms with Gasteiger partial charge in [-0.15, -0.1) is 0 Å². The maximum absolute atomic E-state index is 12.8. The molecule has 7 nitrogen and oxygen atoms in total. The standard InChI is InChI=1S/C21H30N6O/c22-6-7-24-8-10-26(11-9-24)18-20(16-23)21(28)27-14-12-25(13-15-27)17-19-4-2-1-3-5-19/h1-5,18H,6-15,17,22H2/b20-18-. The Labute approximate surface area is 167 Å². The third-order valence-corrected chi connectivity index (χ3v) is 5.42. The first kappa shape index (κ1) is 20.3. The van der Waals surface area contributed by atoms with Crippen molar-refractivity contribution in [3.8, 4) is 6.07 Å². The van der Waals surface area contributed by atoms with Gasteiger partial charge >= 0.3 is 0 Å². The molecule has 2 fully saturated rings. The summed E-state index contributed by atoms with van der Waals surface area (Å²) in [5, 5.41) is 9.51. The lowest BCUT2D eigenvalue weighted by atomic mass is 10.2. The summed E-state index contributed by atoms with van der Waals surface area (Å²) in [5.41, 5.74) is 7.13. The molecule has 7 heteroatoms. The normalized spacial score (nSPS) is 19.5. The summed E-state index contributed by atoms with van der Waals surface area (Å²) in [4.78, 5) is 21.3. The van der Waals surface area contributed by atoms with Crippen molar-refractivity contribution in [3.63, 3.8) is 0 Å². The van der Waals surface area contributed by atoms with Gasteiger partial charge in [0.1, 0.15) is 11.6 Å². The van der Waals surface area contributed by atoms with E-state index in [0.717, 1.165) is 52.4 Å². The molecule has 0 saturated carbocycles. The summed E-state index contributed by atoms with van der Waals surface area (Å²) in [7, 11) is 0. The number of amides is 1. The lowest BCUT2D eigenvalue weighted by Gasteiger charge is -2.36. The number of hydrogen-bond donors (Lipinski definition) is 1. The number of benzene rings is 1. The Morgan fingerprint density at radius 1 is 1.00 bits per heavy atom. The van der Waals surface area contributed by atoms with Gasteiger partial charge in [-0.25, -0.2) is 0 Å². The van der Waals surface area contributed by atoms with Crippen LogP contribution in [0, 0.1) is 11.3 Å². The van der Waals surface area contributed by atoms with E-state index in [9.17, 15) is 10.1 Å². The second-order valence-electron chi connectivity index (χ2n) is 7.37. The molecule has 2 heterocycles. The van der Waals surface area contributed by atoms with E-state index in [1.54, 1.807) is 11.1 Å². The number of nitrogens with zero attached hydrogens (tertiary/aromatic N) is 5. The Hall–Kier alpha value is -2.40. The number of nitrogens with two attached hydrogens (primary N) is 1. The Morgan fingerprint density at radius 3 is 2.25 bits per heavy atom.